The minimum Gasteiger partial charge on any atom is -0.372 e. The number of hydrogen-bond acceptors (Lipinski definition) is 3. The Kier molecular flexibility index (Phi) is 4.44. The van der Waals surface area contributed by atoms with Crippen LogP contribution in [0.3, 0.4) is 0 Å². The number of anilines is 2. The summed E-state index contributed by atoms with van der Waals surface area (Å²) in [5.74, 6) is -0.332. The summed E-state index contributed by atoms with van der Waals surface area (Å²) in [7, 11) is 0. The van der Waals surface area contributed by atoms with Crippen molar-refractivity contribution in [3.8, 4) is 0 Å². The normalized spacial score (nSPS) is 19.2. The lowest BCUT2D eigenvalue weighted by Gasteiger charge is -2.28. The summed E-state index contributed by atoms with van der Waals surface area (Å²) in [6, 6.07) is 16.7. The third-order valence-corrected chi connectivity index (χ3v) is 4.82. The van der Waals surface area contributed by atoms with Crippen LogP contribution >= 0.6 is 0 Å². The Morgan fingerprint density at radius 2 is 1.50 bits per heavy atom. The SMILES string of the molecule is O=C1N/C(=C/c2ccc(N3CCCCC3)cc2)C(=O)N1c1ccccc1. The number of piperidine rings is 1. The molecule has 2 heterocycles. The number of nitrogens with one attached hydrogen (secondary N) is 1. The zero-order chi connectivity index (χ0) is 17.9. The van der Waals surface area contributed by atoms with Crippen molar-refractivity contribution in [2.75, 3.05) is 22.9 Å². The van der Waals surface area contributed by atoms with Gasteiger partial charge >= 0.3 is 6.03 Å². The number of hydrogen-bond donors (Lipinski definition) is 1. The second-order valence-corrected chi connectivity index (χ2v) is 6.60. The number of carbonyl (C=O) groups is 2. The maximum atomic E-state index is 12.6. The van der Waals surface area contributed by atoms with Crippen molar-refractivity contribution in [3.63, 3.8) is 0 Å². The molecule has 0 unspecified atom stereocenters. The van der Waals surface area contributed by atoms with Gasteiger partial charge in [0.15, 0.2) is 0 Å². The molecule has 5 nitrogen and oxygen atoms in total. The lowest BCUT2D eigenvalue weighted by Crippen LogP contribution is -2.30. The first-order chi connectivity index (χ1) is 12.7. The number of imide groups is 1. The second-order valence-electron chi connectivity index (χ2n) is 6.60. The van der Waals surface area contributed by atoms with E-state index in [1.165, 1.54) is 24.9 Å². The number of benzene rings is 2. The first-order valence-corrected chi connectivity index (χ1v) is 8.99. The van der Waals surface area contributed by atoms with Crippen molar-refractivity contribution >= 4 is 29.4 Å². The second kappa shape index (κ2) is 7.04. The Morgan fingerprint density at radius 3 is 2.19 bits per heavy atom. The van der Waals surface area contributed by atoms with E-state index in [1.807, 2.05) is 18.2 Å². The van der Waals surface area contributed by atoms with Crippen LogP contribution in [-0.2, 0) is 4.79 Å². The third kappa shape index (κ3) is 3.20. The van der Waals surface area contributed by atoms with Gasteiger partial charge in [0.05, 0.1) is 5.69 Å². The Morgan fingerprint density at radius 1 is 0.808 bits per heavy atom. The van der Waals surface area contributed by atoms with E-state index in [2.05, 4.69) is 22.3 Å². The zero-order valence-corrected chi connectivity index (χ0v) is 14.5. The third-order valence-electron chi connectivity index (χ3n) is 4.82. The number of carbonyl (C=O) groups excluding carboxylic acids is 2. The average molecular weight is 347 g/mol. The van der Waals surface area contributed by atoms with Crippen LogP contribution in [0.5, 0.6) is 0 Å². The van der Waals surface area contributed by atoms with Gasteiger partial charge in [0, 0.05) is 18.8 Å². The van der Waals surface area contributed by atoms with Crippen LogP contribution in [0.4, 0.5) is 16.2 Å². The number of amides is 3. The molecule has 0 aliphatic carbocycles. The predicted octanol–water partition coefficient (Wildman–Crippen LogP) is 3.77. The molecule has 2 aliphatic rings. The summed E-state index contributed by atoms with van der Waals surface area (Å²) in [6.45, 7) is 2.20. The molecule has 0 radical (unpaired) electrons. The molecule has 2 aromatic carbocycles. The highest BCUT2D eigenvalue weighted by Crippen LogP contribution is 2.24. The maximum absolute atomic E-state index is 12.6. The summed E-state index contributed by atoms with van der Waals surface area (Å²) < 4.78 is 0. The van der Waals surface area contributed by atoms with Crippen molar-refractivity contribution in [2.24, 2.45) is 0 Å². The molecule has 1 N–H and O–H groups in total. The molecule has 2 saturated heterocycles. The summed E-state index contributed by atoms with van der Waals surface area (Å²) in [4.78, 5) is 28.3. The molecule has 26 heavy (non-hydrogen) atoms. The van der Waals surface area contributed by atoms with Crippen LogP contribution in [0, 0.1) is 0 Å². The van der Waals surface area contributed by atoms with E-state index in [0.717, 1.165) is 23.6 Å². The van der Waals surface area contributed by atoms with Crippen LogP contribution in [0.2, 0.25) is 0 Å². The first-order valence-electron chi connectivity index (χ1n) is 8.99. The number of para-hydroxylation sites is 1. The lowest BCUT2D eigenvalue weighted by molar-refractivity contribution is -0.113. The highest BCUT2D eigenvalue weighted by atomic mass is 16.2. The molecule has 0 bridgehead atoms. The molecular weight excluding hydrogens is 326 g/mol. The summed E-state index contributed by atoms with van der Waals surface area (Å²) in [6.07, 6.45) is 5.51. The maximum Gasteiger partial charge on any atom is 0.333 e. The van der Waals surface area contributed by atoms with Crippen molar-refractivity contribution in [1.82, 2.24) is 5.32 Å². The molecule has 4 rings (SSSR count). The van der Waals surface area contributed by atoms with Gasteiger partial charge in [-0.25, -0.2) is 9.69 Å². The standard InChI is InChI=1S/C21H21N3O2/c25-20-19(22-21(26)24(20)18-7-3-1-4-8-18)15-16-9-11-17(12-10-16)23-13-5-2-6-14-23/h1,3-4,7-12,15H,2,5-6,13-14H2,(H,22,26)/b19-15+. The van der Waals surface area contributed by atoms with Gasteiger partial charge < -0.3 is 10.2 Å². The van der Waals surface area contributed by atoms with Crippen molar-refractivity contribution in [3.05, 3.63) is 65.9 Å². The molecule has 5 heteroatoms. The van der Waals surface area contributed by atoms with E-state index >= 15 is 0 Å². The number of urea groups is 1. The first kappa shape index (κ1) is 16.4. The molecule has 0 spiro atoms. The topological polar surface area (TPSA) is 52.7 Å². The van der Waals surface area contributed by atoms with Crippen molar-refractivity contribution < 1.29 is 9.59 Å². The van der Waals surface area contributed by atoms with E-state index in [0.29, 0.717) is 11.4 Å². The van der Waals surface area contributed by atoms with E-state index < -0.39 is 6.03 Å². The fraction of sp³-hybridized carbons (Fsp3) is 0.238. The molecule has 132 valence electrons. The Bertz CT molecular complexity index is 837. The van der Waals surface area contributed by atoms with E-state index in [-0.39, 0.29) is 5.91 Å². The highest BCUT2D eigenvalue weighted by Gasteiger charge is 2.34. The number of rotatable bonds is 3. The van der Waals surface area contributed by atoms with Gasteiger partial charge in [0.25, 0.3) is 5.91 Å². The smallest absolute Gasteiger partial charge is 0.333 e. The van der Waals surface area contributed by atoms with Crippen LogP contribution in [0.1, 0.15) is 24.8 Å². The van der Waals surface area contributed by atoms with Gasteiger partial charge in [-0.15, -0.1) is 0 Å². The molecule has 0 saturated carbocycles. The van der Waals surface area contributed by atoms with Gasteiger partial charge in [-0.05, 0) is 55.2 Å². The quantitative estimate of drug-likeness (QED) is 0.679. The fourth-order valence-corrected chi connectivity index (χ4v) is 3.45. The van der Waals surface area contributed by atoms with Crippen molar-refractivity contribution in [2.45, 2.75) is 19.3 Å². The largest absolute Gasteiger partial charge is 0.372 e. The predicted molar refractivity (Wildman–Crippen MR) is 103 cm³/mol. The van der Waals surface area contributed by atoms with Gasteiger partial charge in [0.2, 0.25) is 0 Å². The fourth-order valence-electron chi connectivity index (χ4n) is 3.45. The summed E-state index contributed by atoms with van der Waals surface area (Å²) >= 11 is 0. The monoisotopic (exact) mass is 347 g/mol. The number of nitrogens with zero attached hydrogens (tertiary/aromatic N) is 2. The van der Waals surface area contributed by atoms with E-state index in [1.54, 1.807) is 30.3 Å². The molecule has 0 atom stereocenters. The van der Waals surface area contributed by atoms with Crippen LogP contribution in [0.15, 0.2) is 60.3 Å². The highest BCUT2D eigenvalue weighted by molar-refractivity contribution is 6.28. The van der Waals surface area contributed by atoms with E-state index in [4.69, 9.17) is 0 Å². The molecule has 0 aromatic heterocycles. The zero-order valence-electron chi connectivity index (χ0n) is 14.5. The summed E-state index contributed by atoms with van der Waals surface area (Å²) in [5.41, 5.74) is 2.97. The van der Waals surface area contributed by atoms with Gasteiger partial charge in [0.1, 0.15) is 5.70 Å². The Balaban J connectivity index is 1.53. The van der Waals surface area contributed by atoms with Crippen molar-refractivity contribution in [1.29, 1.82) is 0 Å². The van der Waals surface area contributed by atoms with Crippen LogP contribution < -0.4 is 15.1 Å². The molecular formula is C21H21N3O2. The van der Waals surface area contributed by atoms with Gasteiger partial charge in [-0.1, -0.05) is 30.3 Å². The Hall–Kier alpha value is -3.08. The van der Waals surface area contributed by atoms with E-state index in [9.17, 15) is 9.59 Å². The minimum absolute atomic E-state index is 0.296. The summed E-state index contributed by atoms with van der Waals surface area (Å²) in [5, 5.41) is 2.67. The molecule has 2 fully saturated rings. The van der Waals surface area contributed by atoms with Gasteiger partial charge in [-0.3, -0.25) is 4.79 Å². The molecule has 2 aromatic rings. The Labute approximate surface area is 152 Å². The average Bonchev–Trinajstić information content (AvgIpc) is 2.97. The van der Waals surface area contributed by atoms with Crippen LogP contribution in [0.25, 0.3) is 6.08 Å². The minimum atomic E-state index is -0.419. The molecule has 3 amide bonds. The lowest BCUT2D eigenvalue weighted by atomic mass is 10.1. The van der Waals surface area contributed by atoms with Gasteiger partial charge in [-0.2, -0.15) is 0 Å². The molecule has 2 aliphatic heterocycles. The van der Waals surface area contributed by atoms with Crippen LogP contribution in [-0.4, -0.2) is 25.0 Å².